The van der Waals surface area contributed by atoms with Gasteiger partial charge in [0.05, 0.1) is 0 Å². The van der Waals surface area contributed by atoms with Crippen molar-refractivity contribution in [3.05, 3.63) is 0 Å². The van der Waals surface area contributed by atoms with Crippen LogP contribution in [0.15, 0.2) is 4.99 Å². The molecule has 50 valence electrons. The zero-order valence-electron chi connectivity index (χ0n) is 4.91. The maximum absolute atomic E-state index is 9.61. The van der Waals surface area contributed by atoms with E-state index in [-0.39, 0.29) is 0 Å². The van der Waals surface area contributed by atoms with Crippen LogP contribution in [0.4, 0.5) is 0 Å². The number of carbonyl (C=O) groups is 2. The van der Waals surface area contributed by atoms with E-state index in [1.807, 2.05) is 0 Å². The third-order valence-electron chi connectivity index (χ3n) is 0.667. The topological polar surface area (TPSA) is 58.5 Å². The molecule has 0 atom stereocenters. The first-order valence-electron chi connectivity index (χ1n) is 2.54. The molecule has 0 spiro atoms. The number of nitrogens with zero attached hydrogens (tertiary/aromatic N) is 1. The van der Waals surface area contributed by atoms with Crippen molar-refractivity contribution >= 4 is 19.0 Å². The molecule has 0 aliphatic carbocycles. The second kappa shape index (κ2) is 6.81. The summed E-state index contributed by atoms with van der Waals surface area (Å²) in [6, 6.07) is 0. The number of aliphatic imine (C=N–C) groups is 1. The lowest BCUT2D eigenvalue weighted by Crippen LogP contribution is -2.12. The molecule has 0 rings (SSSR count). The lowest BCUT2D eigenvalue weighted by Gasteiger charge is -1.88. The number of carbonyl (C=O) groups excluding carboxylic acids is 2. The van der Waals surface area contributed by atoms with Gasteiger partial charge in [-0.3, -0.25) is 9.59 Å². The van der Waals surface area contributed by atoms with Gasteiger partial charge in [0.1, 0.15) is 0 Å². The summed E-state index contributed by atoms with van der Waals surface area (Å²) in [7, 11) is 0. The largest absolute Gasteiger partial charge is 0.358 e. The molecule has 0 saturated heterocycles. The van der Waals surface area contributed by atoms with Crippen LogP contribution in [0.5, 0.6) is 0 Å². The Morgan fingerprint density at radius 2 is 2.22 bits per heavy atom. The molecule has 0 aromatic rings. The fraction of sp³-hybridized carbons (Fsp3) is 0.400. The second-order valence-electron chi connectivity index (χ2n) is 1.30. The molecular weight excluding hydrogens is 120 g/mol. The normalized spacial score (nSPS) is 9.33. The molecule has 0 heterocycles. The maximum Gasteiger partial charge on any atom is 0.232 e. The molecule has 4 heteroatoms. The first kappa shape index (κ1) is 7.81. The summed E-state index contributed by atoms with van der Waals surface area (Å²) in [6.45, 7) is 0.529. The van der Waals surface area contributed by atoms with E-state index < -0.39 is 0 Å². The van der Waals surface area contributed by atoms with Crippen molar-refractivity contribution < 1.29 is 9.59 Å². The van der Waals surface area contributed by atoms with Gasteiger partial charge in [-0.25, -0.2) is 4.99 Å². The van der Waals surface area contributed by atoms with Crippen molar-refractivity contribution in [3.63, 3.8) is 0 Å². The number of nitrogens with one attached hydrogen (secondary N) is 1. The number of rotatable bonds is 5. The molecule has 0 radical (unpaired) electrons. The van der Waals surface area contributed by atoms with Crippen LogP contribution in [0.1, 0.15) is 6.42 Å². The quantitative estimate of drug-likeness (QED) is 0.304. The van der Waals surface area contributed by atoms with Crippen molar-refractivity contribution in [2.75, 3.05) is 6.54 Å². The first-order valence-corrected chi connectivity index (χ1v) is 2.54. The Kier molecular flexibility index (Phi) is 5.91. The fourth-order valence-electron chi connectivity index (χ4n) is 0.324. The summed E-state index contributed by atoms with van der Waals surface area (Å²) in [5.74, 6) is 0. The molecule has 4 nitrogen and oxygen atoms in total. The minimum absolute atomic E-state index is 0.459. The van der Waals surface area contributed by atoms with Gasteiger partial charge in [-0.2, -0.15) is 0 Å². The van der Waals surface area contributed by atoms with Gasteiger partial charge in [-0.15, -0.1) is 0 Å². The van der Waals surface area contributed by atoms with Gasteiger partial charge in [0.2, 0.25) is 12.8 Å². The Balaban J connectivity index is 2.98. The zero-order valence-corrected chi connectivity index (χ0v) is 4.91. The molecule has 1 N–H and O–H groups in total. The highest BCUT2D eigenvalue weighted by molar-refractivity contribution is 5.69. The molecule has 0 aliphatic heterocycles. The summed E-state index contributed by atoms with van der Waals surface area (Å²) in [4.78, 5) is 22.4. The number of hydrogen-bond acceptors (Lipinski definition) is 2. The minimum Gasteiger partial charge on any atom is -0.358 e. The van der Waals surface area contributed by atoms with Crippen LogP contribution in [0.2, 0.25) is 0 Å². The van der Waals surface area contributed by atoms with Crippen molar-refractivity contribution in [1.29, 1.82) is 0 Å². The summed E-state index contributed by atoms with van der Waals surface area (Å²) in [5.41, 5.74) is 0. The van der Waals surface area contributed by atoms with Gasteiger partial charge in [-0.05, 0) is 0 Å². The summed E-state index contributed by atoms with van der Waals surface area (Å²) >= 11 is 0. The van der Waals surface area contributed by atoms with E-state index in [4.69, 9.17) is 0 Å². The van der Waals surface area contributed by atoms with Crippen LogP contribution >= 0.6 is 0 Å². The van der Waals surface area contributed by atoms with Gasteiger partial charge in [0.15, 0.2) is 0 Å². The van der Waals surface area contributed by atoms with Gasteiger partial charge >= 0.3 is 0 Å². The lowest BCUT2D eigenvalue weighted by atomic mass is 10.5. The van der Waals surface area contributed by atoms with Crippen molar-refractivity contribution in [1.82, 2.24) is 5.32 Å². The SMILES string of the molecule is O=CN=CCCNC=O. The third-order valence-corrected chi connectivity index (χ3v) is 0.667. The van der Waals surface area contributed by atoms with Crippen molar-refractivity contribution in [2.45, 2.75) is 6.42 Å². The summed E-state index contributed by atoms with van der Waals surface area (Å²) in [6.07, 6.45) is 3.11. The highest BCUT2D eigenvalue weighted by Crippen LogP contribution is 1.66. The average Bonchev–Trinajstić information content (AvgIpc) is 1.89. The van der Waals surface area contributed by atoms with Gasteiger partial charge < -0.3 is 5.32 Å². The molecular formula is C5H8N2O2. The molecule has 0 aromatic heterocycles. The fourth-order valence-corrected chi connectivity index (χ4v) is 0.324. The average molecular weight is 128 g/mol. The molecule has 0 unspecified atom stereocenters. The van der Waals surface area contributed by atoms with Crippen LogP contribution in [-0.4, -0.2) is 25.6 Å². The Labute approximate surface area is 53.0 Å². The van der Waals surface area contributed by atoms with Crippen molar-refractivity contribution in [2.24, 2.45) is 4.99 Å². The van der Waals surface area contributed by atoms with Crippen LogP contribution in [-0.2, 0) is 9.59 Å². The molecule has 0 aromatic carbocycles. The Hall–Kier alpha value is -1.19. The molecule has 0 saturated carbocycles. The Bertz CT molecular complexity index is 112. The Morgan fingerprint density at radius 3 is 2.78 bits per heavy atom. The predicted molar refractivity (Wildman–Crippen MR) is 33.2 cm³/mol. The van der Waals surface area contributed by atoms with Crippen LogP contribution < -0.4 is 5.32 Å². The first-order chi connectivity index (χ1) is 4.41. The molecule has 0 bridgehead atoms. The van der Waals surface area contributed by atoms with Crippen molar-refractivity contribution in [3.8, 4) is 0 Å². The third kappa shape index (κ3) is 6.81. The van der Waals surface area contributed by atoms with E-state index in [0.717, 1.165) is 0 Å². The van der Waals surface area contributed by atoms with Crippen LogP contribution in [0, 0.1) is 0 Å². The molecule has 0 aliphatic rings. The van der Waals surface area contributed by atoms with E-state index in [2.05, 4.69) is 10.3 Å². The predicted octanol–water partition coefficient (Wildman–Crippen LogP) is -0.650. The van der Waals surface area contributed by atoms with Gasteiger partial charge in [0, 0.05) is 19.2 Å². The molecule has 2 amide bonds. The number of hydrogen-bond donors (Lipinski definition) is 1. The summed E-state index contributed by atoms with van der Waals surface area (Å²) in [5, 5.41) is 2.42. The summed E-state index contributed by atoms with van der Waals surface area (Å²) < 4.78 is 0. The lowest BCUT2D eigenvalue weighted by molar-refractivity contribution is -0.109. The molecule has 0 fully saturated rings. The van der Waals surface area contributed by atoms with Crippen LogP contribution in [0.3, 0.4) is 0 Å². The highest BCUT2D eigenvalue weighted by atomic mass is 16.1. The van der Waals surface area contributed by atoms with E-state index in [0.29, 0.717) is 25.8 Å². The molecule has 9 heavy (non-hydrogen) atoms. The smallest absolute Gasteiger partial charge is 0.232 e. The zero-order chi connectivity index (χ0) is 6.95. The standard InChI is InChI=1S/C5H8N2O2/c8-4-6-2-1-3-7-5-9/h2,4-5H,1,3H2,(H,7,9). The highest BCUT2D eigenvalue weighted by Gasteiger charge is 1.76. The number of amides is 2. The van der Waals surface area contributed by atoms with Gasteiger partial charge in [0.25, 0.3) is 0 Å². The minimum atomic E-state index is 0.459. The van der Waals surface area contributed by atoms with E-state index in [1.165, 1.54) is 6.21 Å². The monoisotopic (exact) mass is 128 g/mol. The second-order valence-corrected chi connectivity index (χ2v) is 1.30. The van der Waals surface area contributed by atoms with Gasteiger partial charge in [-0.1, -0.05) is 0 Å². The van der Waals surface area contributed by atoms with E-state index in [1.54, 1.807) is 0 Å². The van der Waals surface area contributed by atoms with E-state index >= 15 is 0 Å². The van der Waals surface area contributed by atoms with E-state index in [9.17, 15) is 9.59 Å². The van der Waals surface area contributed by atoms with Crippen LogP contribution in [0.25, 0.3) is 0 Å². The Morgan fingerprint density at radius 1 is 1.44 bits per heavy atom. The maximum atomic E-state index is 9.61.